The topological polar surface area (TPSA) is 44.3 Å². The van der Waals surface area contributed by atoms with Crippen molar-refractivity contribution in [2.75, 3.05) is 13.1 Å². The van der Waals surface area contributed by atoms with Crippen LogP contribution in [0.2, 0.25) is 0 Å². The Kier molecular flexibility index (Phi) is 5.34. The minimum absolute atomic E-state index is 0.140. The van der Waals surface area contributed by atoms with Crippen LogP contribution in [0.3, 0.4) is 0 Å². The average molecular weight is 441 g/mol. The van der Waals surface area contributed by atoms with Gasteiger partial charge in [0.2, 0.25) is 0 Å². The number of aryl methyl sites for hydroxylation is 3. The van der Waals surface area contributed by atoms with Crippen LogP contribution >= 0.6 is 23.2 Å². The normalized spacial score (nSPS) is 23.6. The molecule has 30 heavy (non-hydrogen) atoms. The molecule has 0 saturated carbocycles. The van der Waals surface area contributed by atoms with Gasteiger partial charge in [-0.25, -0.2) is 0 Å². The van der Waals surface area contributed by atoms with E-state index in [1.54, 1.807) is 0 Å². The molecule has 0 amide bonds. The monoisotopic (exact) mass is 440 g/mol. The fourth-order valence-electron chi connectivity index (χ4n) is 4.69. The molecule has 0 spiro atoms. The molecule has 5 rings (SSSR count). The van der Waals surface area contributed by atoms with Gasteiger partial charge in [0, 0.05) is 36.1 Å². The van der Waals surface area contributed by atoms with Crippen LogP contribution in [0, 0.1) is 19.8 Å². The van der Waals surface area contributed by atoms with E-state index in [1.165, 1.54) is 27.9 Å². The molecule has 3 heterocycles. The van der Waals surface area contributed by atoms with Crippen LogP contribution in [0.15, 0.2) is 40.4 Å². The Morgan fingerprint density at radius 1 is 1.17 bits per heavy atom. The van der Waals surface area contributed by atoms with Gasteiger partial charge in [-0.05, 0) is 61.9 Å². The third-order valence-corrected chi connectivity index (χ3v) is 7.62. The van der Waals surface area contributed by atoms with Gasteiger partial charge in [0.15, 0.2) is 0 Å². The molecule has 156 valence electrons. The summed E-state index contributed by atoms with van der Waals surface area (Å²) in [5.41, 5.74) is 9.80. The molecule has 0 radical (unpaired) electrons. The van der Waals surface area contributed by atoms with Gasteiger partial charge in [0.1, 0.15) is 5.69 Å². The second kappa shape index (κ2) is 7.99. The van der Waals surface area contributed by atoms with E-state index >= 15 is 0 Å². The second-order valence-electron chi connectivity index (χ2n) is 8.64. The molecule has 0 saturated heterocycles. The quantitative estimate of drug-likeness (QED) is 0.651. The Morgan fingerprint density at radius 2 is 2.00 bits per heavy atom. The number of rotatable bonds is 3. The molecule has 2 atom stereocenters. The zero-order valence-corrected chi connectivity index (χ0v) is 18.9. The summed E-state index contributed by atoms with van der Waals surface area (Å²) < 4.78 is 0. The fourth-order valence-corrected chi connectivity index (χ4v) is 5.17. The van der Waals surface area contributed by atoms with Crippen LogP contribution in [0.5, 0.6) is 0 Å². The number of fused-ring (bicyclic) bond motifs is 2. The average Bonchev–Trinajstić information content (AvgIpc) is 3.15. The zero-order valence-electron chi connectivity index (χ0n) is 17.4. The molecule has 6 heteroatoms. The minimum atomic E-state index is -0.140. The van der Waals surface area contributed by atoms with Crippen molar-refractivity contribution in [3.63, 3.8) is 0 Å². The first kappa shape index (κ1) is 20.0. The zero-order chi connectivity index (χ0) is 20.8. The van der Waals surface area contributed by atoms with E-state index in [1.807, 2.05) is 12.2 Å². The van der Waals surface area contributed by atoms with Gasteiger partial charge in [-0.15, -0.1) is 11.6 Å². The summed E-state index contributed by atoms with van der Waals surface area (Å²) in [5.74, 6) is 0.235. The van der Waals surface area contributed by atoms with Crippen LogP contribution < -0.4 is 0 Å². The lowest BCUT2D eigenvalue weighted by atomic mass is 9.93. The molecular weight excluding hydrogens is 415 g/mol. The number of alkyl halides is 1. The highest BCUT2D eigenvalue weighted by atomic mass is 35.5. The van der Waals surface area contributed by atoms with Gasteiger partial charge < -0.3 is 0 Å². The highest BCUT2D eigenvalue weighted by Crippen LogP contribution is 2.33. The molecular formula is C24H26Cl2N4. The van der Waals surface area contributed by atoms with Gasteiger partial charge in [-0.2, -0.15) is 5.10 Å². The lowest BCUT2D eigenvalue weighted by molar-refractivity contribution is 0.227. The molecule has 0 bridgehead atoms. The van der Waals surface area contributed by atoms with Crippen molar-refractivity contribution >= 4 is 34.6 Å². The number of benzene rings is 1. The number of nitrogens with zero attached hydrogens (tertiary/aromatic N) is 3. The van der Waals surface area contributed by atoms with E-state index in [2.05, 4.69) is 47.2 Å². The van der Waals surface area contributed by atoms with Gasteiger partial charge in [0.05, 0.1) is 22.5 Å². The molecule has 1 aromatic heterocycles. The summed E-state index contributed by atoms with van der Waals surface area (Å²) in [5, 5.41) is 8.57. The third-order valence-electron chi connectivity index (χ3n) is 6.59. The van der Waals surface area contributed by atoms with Crippen molar-refractivity contribution in [2.24, 2.45) is 10.9 Å². The summed E-state index contributed by atoms with van der Waals surface area (Å²) >= 11 is 12.7. The van der Waals surface area contributed by atoms with Crippen LogP contribution in [0.4, 0.5) is 5.69 Å². The molecule has 1 aliphatic carbocycles. The van der Waals surface area contributed by atoms with E-state index in [0.717, 1.165) is 61.0 Å². The summed E-state index contributed by atoms with van der Waals surface area (Å²) in [6.45, 7) is 7.08. The predicted octanol–water partition coefficient (Wildman–Crippen LogP) is 5.37. The summed E-state index contributed by atoms with van der Waals surface area (Å²) in [6.07, 6.45) is 9.02. The molecule has 2 unspecified atom stereocenters. The maximum atomic E-state index is 6.51. The largest absolute Gasteiger partial charge is 0.297 e. The van der Waals surface area contributed by atoms with Gasteiger partial charge in [0.25, 0.3) is 0 Å². The lowest BCUT2D eigenvalue weighted by Gasteiger charge is -2.32. The maximum Gasteiger partial charge on any atom is 0.110 e. The standard InChI is InChI=1S/C24H26Cl2N4/c1-14-10-16-6-7-20(27-21(16)11-15(14)2)24-18-8-9-30(13-22(18)28-29-24)12-17-4-3-5-19(25)23(17)26/h3-5,10-11,17,23H,6-9,12-13H2,1-2H3,(H,28,29). The first-order valence-corrected chi connectivity index (χ1v) is 11.5. The number of nitrogens with one attached hydrogen (secondary N) is 1. The lowest BCUT2D eigenvalue weighted by Crippen LogP contribution is -2.37. The van der Waals surface area contributed by atoms with E-state index in [4.69, 9.17) is 28.2 Å². The van der Waals surface area contributed by atoms with Gasteiger partial charge >= 0.3 is 0 Å². The van der Waals surface area contributed by atoms with Crippen molar-refractivity contribution in [3.8, 4) is 0 Å². The SMILES string of the molecule is Cc1cc2c(cc1C)N=C(c1n[nH]c3c1CCN(CC1C=CC=C(Cl)C1Cl)C3)CC2. The minimum Gasteiger partial charge on any atom is -0.297 e. The number of aromatic amines is 1. The number of aromatic nitrogens is 2. The van der Waals surface area contributed by atoms with Gasteiger partial charge in [-0.3, -0.25) is 15.0 Å². The number of allylic oxidation sites excluding steroid dienone is 3. The van der Waals surface area contributed by atoms with Crippen LogP contribution in [-0.4, -0.2) is 39.3 Å². The summed E-state index contributed by atoms with van der Waals surface area (Å²) in [6, 6.07) is 4.50. The van der Waals surface area contributed by atoms with Crippen molar-refractivity contribution in [1.82, 2.24) is 15.1 Å². The maximum absolute atomic E-state index is 6.51. The highest BCUT2D eigenvalue weighted by Gasteiger charge is 2.29. The molecule has 2 aliphatic heterocycles. The van der Waals surface area contributed by atoms with Crippen LogP contribution in [-0.2, 0) is 19.4 Å². The van der Waals surface area contributed by atoms with Crippen LogP contribution in [0.1, 0.15) is 40.1 Å². The number of hydrogen-bond acceptors (Lipinski definition) is 3. The Morgan fingerprint density at radius 3 is 2.87 bits per heavy atom. The second-order valence-corrected chi connectivity index (χ2v) is 9.55. The molecule has 1 N–H and O–H groups in total. The Bertz CT molecular complexity index is 1080. The summed E-state index contributed by atoms with van der Waals surface area (Å²) in [4.78, 5) is 7.44. The molecule has 4 nitrogen and oxygen atoms in total. The van der Waals surface area contributed by atoms with E-state index in [0.29, 0.717) is 0 Å². The third kappa shape index (κ3) is 3.66. The smallest absolute Gasteiger partial charge is 0.110 e. The van der Waals surface area contributed by atoms with Crippen LogP contribution in [0.25, 0.3) is 0 Å². The number of aliphatic imine (C=N–C) groups is 1. The van der Waals surface area contributed by atoms with Crippen molar-refractivity contribution in [2.45, 2.75) is 45.0 Å². The number of H-pyrrole nitrogens is 1. The Hall–Kier alpha value is -1.88. The first-order valence-electron chi connectivity index (χ1n) is 10.6. The Labute approximate surface area is 187 Å². The molecule has 0 fully saturated rings. The summed E-state index contributed by atoms with van der Waals surface area (Å²) in [7, 11) is 0. The highest BCUT2D eigenvalue weighted by molar-refractivity contribution is 6.37. The van der Waals surface area contributed by atoms with Crippen molar-refractivity contribution in [3.05, 3.63) is 69.0 Å². The van der Waals surface area contributed by atoms with Crippen molar-refractivity contribution in [1.29, 1.82) is 0 Å². The molecule has 2 aromatic rings. The number of halogens is 2. The van der Waals surface area contributed by atoms with Gasteiger partial charge in [-0.1, -0.05) is 29.8 Å². The molecule has 3 aliphatic rings. The number of hydrogen-bond donors (Lipinski definition) is 1. The Balaban J connectivity index is 1.34. The van der Waals surface area contributed by atoms with E-state index < -0.39 is 0 Å². The predicted molar refractivity (Wildman–Crippen MR) is 124 cm³/mol. The van der Waals surface area contributed by atoms with Crippen molar-refractivity contribution < 1.29 is 0 Å². The van der Waals surface area contributed by atoms with E-state index in [9.17, 15) is 0 Å². The molecule has 1 aromatic carbocycles. The first-order chi connectivity index (χ1) is 14.5. The fraction of sp³-hybridized carbons (Fsp3) is 0.417. The van der Waals surface area contributed by atoms with E-state index in [-0.39, 0.29) is 11.3 Å².